The Morgan fingerprint density at radius 2 is 1.46 bits per heavy atom. The first-order chi connectivity index (χ1) is 11.4. The standard InChI is InChI=1S/C19H29N3O2/c1-6-7-20-19(24)22-10-8-21(9-11-22)18(23)17-15(4)13(2)12-14(3)16(17)5/h12H,6-11H2,1-5H3,(H,20,24). The van der Waals surface area contributed by atoms with E-state index in [0.717, 1.165) is 34.2 Å². The maximum Gasteiger partial charge on any atom is 0.317 e. The van der Waals surface area contributed by atoms with Gasteiger partial charge in [-0.15, -0.1) is 0 Å². The zero-order valence-corrected chi connectivity index (χ0v) is 15.5. The van der Waals surface area contributed by atoms with Gasteiger partial charge in [-0.3, -0.25) is 4.79 Å². The van der Waals surface area contributed by atoms with Gasteiger partial charge in [0.1, 0.15) is 0 Å². The minimum absolute atomic E-state index is 0.0253. The van der Waals surface area contributed by atoms with Crippen LogP contribution in [0.4, 0.5) is 4.79 Å². The van der Waals surface area contributed by atoms with Gasteiger partial charge in [0, 0.05) is 38.3 Å². The normalized spacial score (nSPS) is 14.7. The fourth-order valence-electron chi connectivity index (χ4n) is 3.15. The monoisotopic (exact) mass is 331 g/mol. The first-order valence-electron chi connectivity index (χ1n) is 8.76. The summed E-state index contributed by atoms with van der Waals surface area (Å²) in [6.45, 7) is 13.2. The van der Waals surface area contributed by atoms with Gasteiger partial charge in [0.15, 0.2) is 0 Å². The van der Waals surface area contributed by atoms with E-state index in [-0.39, 0.29) is 11.9 Å². The number of hydrogen-bond donors (Lipinski definition) is 1. The molecule has 0 saturated carbocycles. The van der Waals surface area contributed by atoms with Crippen molar-refractivity contribution in [3.8, 4) is 0 Å². The molecule has 0 aromatic heterocycles. The molecule has 5 nitrogen and oxygen atoms in total. The third-order valence-corrected chi connectivity index (χ3v) is 4.96. The molecule has 1 aliphatic heterocycles. The number of aryl methyl sites for hydroxylation is 2. The van der Waals surface area contributed by atoms with Crippen LogP contribution >= 0.6 is 0 Å². The number of urea groups is 1. The minimum atomic E-state index is -0.0253. The summed E-state index contributed by atoms with van der Waals surface area (Å²) < 4.78 is 0. The van der Waals surface area contributed by atoms with Gasteiger partial charge in [-0.05, 0) is 56.4 Å². The molecule has 2 rings (SSSR count). The Hall–Kier alpha value is -2.04. The van der Waals surface area contributed by atoms with Gasteiger partial charge in [0.05, 0.1) is 0 Å². The van der Waals surface area contributed by atoms with E-state index < -0.39 is 0 Å². The topological polar surface area (TPSA) is 52.7 Å². The predicted molar refractivity (Wildman–Crippen MR) is 96.6 cm³/mol. The Balaban J connectivity index is 2.08. The largest absolute Gasteiger partial charge is 0.338 e. The first-order valence-corrected chi connectivity index (χ1v) is 8.76. The molecule has 0 bridgehead atoms. The summed E-state index contributed by atoms with van der Waals surface area (Å²) in [5.74, 6) is 0.0883. The summed E-state index contributed by atoms with van der Waals surface area (Å²) in [6, 6.07) is 2.11. The van der Waals surface area contributed by atoms with Crippen molar-refractivity contribution in [2.24, 2.45) is 0 Å². The van der Waals surface area contributed by atoms with Crippen LogP contribution in [-0.2, 0) is 0 Å². The molecule has 3 amide bonds. The van der Waals surface area contributed by atoms with E-state index in [1.165, 1.54) is 0 Å². The zero-order valence-electron chi connectivity index (χ0n) is 15.5. The van der Waals surface area contributed by atoms with E-state index in [2.05, 4.69) is 25.2 Å². The van der Waals surface area contributed by atoms with Crippen molar-refractivity contribution in [1.29, 1.82) is 0 Å². The number of hydrogen-bond acceptors (Lipinski definition) is 2. The molecule has 1 fully saturated rings. The highest BCUT2D eigenvalue weighted by molar-refractivity contribution is 5.98. The van der Waals surface area contributed by atoms with Crippen molar-refractivity contribution < 1.29 is 9.59 Å². The average Bonchev–Trinajstić information content (AvgIpc) is 2.58. The van der Waals surface area contributed by atoms with Crippen molar-refractivity contribution in [1.82, 2.24) is 15.1 Å². The Kier molecular flexibility index (Phi) is 5.86. The summed E-state index contributed by atoms with van der Waals surface area (Å²) in [5.41, 5.74) is 5.26. The quantitative estimate of drug-likeness (QED) is 0.926. The second-order valence-corrected chi connectivity index (χ2v) is 6.65. The summed E-state index contributed by atoms with van der Waals surface area (Å²) in [7, 11) is 0. The summed E-state index contributed by atoms with van der Waals surface area (Å²) in [4.78, 5) is 28.7. The molecular weight excluding hydrogens is 302 g/mol. The zero-order chi connectivity index (χ0) is 17.9. The summed E-state index contributed by atoms with van der Waals surface area (Å²) in [6.07, 6.45) is 0.926. The Morgan fingerprint density at radius 3 is 1.96 bits per heavy atom. The molecule has 0 radical (unpaired) electrons. The molecule has 1 N–H and O–H groups in total. The maximum absolute atomic E-state index is 13.0. The molecule has 1 aliphatic rings. The molecule has 0 unspecified atom stereocenters. The number of carbonyl (C=O) groups is 2. The van der Waals surface area contributed by atoms with E-state index in [1.807, 2.05) is 25.7 Å². The van der Waals surface area contributed by atoms with Gasteiger partial charge >= 0.3 is 6.03 Å². The third-order valence-electron chi connectivity index (χ3n) is 4.96. The first kappa shape index (κ1) is 18.3. The number of amides is 3. The van der Waals surface area contributed by atoms with Gasteiger partial charge < -0.3 is 15.1 Å². The van der Waals surface area contributed by atoms with Gasteiger partial charge in [0.2, 0.25) is 0 Å². The fraction of sp³-hybridized carbons (Fsp3) is 0.579. The van der Waals surface area contributed by atoms with Crippen LogP contribution in [0.25, 0.3) is 0 Å². The van der Waals surface area contributed by atoms with Crippen molar-refractivity contribution >= 4 is 11.9 Å². The lowest BCUT2D eigenvalue weighted by atomic mass is 9.93. The Morgan fingerprint density at radius 1 is 0.958 bits per heavy atom. The molecular formula is C19H29N3O2. The van der Waals surface area contributed by atoms with Crippen LogP contribution in [0.15, 0.2) is 6.07 Å². The lowest BCUT2D eigenvalue weighted by molar-refractivity contribution is 0.0663. The molecule has 5 heteroatoms. The summed E-state index contributed by atoms with van der Waals surface area (Å²) in [5, 5.41) is 2.89. The third kappa shape index (κ3) is 3.71. The van der Waals surface area contributed by atoms with Crippen LogP contribution in [0.3, 0.4) is 0 Å². The molecule has 0 aliphatic carbocycles. The van der Waals surface area contributed by atoms with E-state index in [9.17, 15) is 9.59 Å². The minimum Gasteiger partial charge on any atom is -0.338 e. The second-order valence-electron chi connectivity index (χ2n) is 6.65. The van der Waals surface area contributed by atoms with Gasteiger partial charge in [0.25, 0.3) is 5.91 Å². The highest BCUT2D eigenvalue weighted by Crippen LogP contribution is 2.23. The van der Waals surface area contributed by atoms with E-state index in [1.54, 1.807) is 4.90 Å². The predicted octanol–water partition coefficient (Wildman–Crippen LogP) is 2.80. The van der Waals surface area contributed by atoms with Crippen molar-refractivity contribution in [2.45, 2.75) is 41.0 Å². The van der Waals surface area contributed by atoms with Gasteiger partial charge in [-0.1, -0.05) is 13.0 Å². The number of piperazine rings is 1. The van der Waals surface area contributed by atoms with Crippen LogP contribution in [-0.4, -0.2) is 54.5 Å². The lowest BCUT2D eigenvalue weighted by Gasteiger charge is -2.35. The van der Waals surface area contributed by atoms with Crippen LogP contribution in [0.2, 0.25) is 0 Å². The Labute approximate surface area is 145 Å². The van der Waals surface area contributed by atoms with Crippen molar-refractivity contribution in [3.05, 3.63) is 33.9 Å². The van der Waals surface area contributed by atoms with Crippen LogP contribution in [0.1, 0.15) is 46.0 Å². The molecule has 132 valence electrons. The number of rotatable bonds is 3. The summed E-state index contributed by atoms with van der Waals surface area (Å²) >= 11 is 0. The highest BCUT2D eigenvalue weighted by Gasteiger charge is 2.27. The highest BCUT2D eigenvalue weighted by atomic mass is 16.2. The molecule has 1 aromatic carbocycles. The molecule has 24 heavy (non-hydrogen) atoms. The van der Waals surface area contributed by atoms with Crippen LogP contribution in [0, 0.1) is 27.7 Å². The number of benzene rings is 1. The molecule has 0 spiro atoms. The van der Waals surface area contributed by atoms with Crippen LogP contribution < -0.4 is 5.32 Å². The molecule has 1 aromatic rings. The SMILES string of the molecule is CCCNC(=O)N1CCN(C(=O)c2c(C)c(C)cc(C)c2C)CC1. The van der Waals surface area contributed by atoms with E-state index >= 15 is 0 Å². The Bertz CT molecular complexity index is 606. The van der Waals surface area contributed by atoms with E-state index in [4.69, 9.17) is 0 Å². The molecule has 1 heterocycles. The molecule has 1 saturated heterocycles. The number of carbonyl (C=O) groups excluding carboxylic acids is 2. The van der Waals surface area contributed by atoms with Gasteiger partial charge in [-0.25, -0.2) is 4.79 Å². The van der Waals surface area contributed by atoms with E-state index in [0.29, 0.717) is 32.7 Å². The fourth-order valence-corrected chi connectivity index (χ4v) is 3.15. The van der Waals surface area contributed by atoms with Gasteiger partial charge in [-0.2, -0.15) is 0 Å². The van der Waals surface area contributed by atoms with Crippen molar-refractivity contribution in [2.75, 3.05) is 32.7 Å². The maximum atomic E-state index is 13.0. The smallest absolute Gasteiger partial charge is 0.317 e. The van der Waals surface area contributed by atoms with Crippen LogP contribution in [0.5, 0.6) is 0 Å². The number of nitrogens with one attached hydrogen (secondary N) is 1. The second kappa shape index (κ2) is 7.69. The number of nitrogens with zero attached hydrogens (tertiary/aromatic N) is 2. The van der Waals surface area contributed by atoms with Crippen molar-refractivity contribution in [3.63, 3.8) is 0 Å². The molecule has 0 atom stereocenters. The lowest BCUT2D eigenvalue weighted by Crippen LogP contribution is -2.53. The average molecular weight is 331 g/mol.